The van der Waals surface area contributed by atoms with Crippen LogP contribution in [-0.4, -0.2) is 126 Å². The number of nitrogens with one attached hydrogen (secondary N) is 7. The minimum Gasteiger partial charge on any atom is -0.481 e. The van der Waals surface area contributed by atoms with E-state index in [1.807, 2.05) is 0 Å². The number of carboxylic acid groups (broad SMARTS) is 2. The number of nitrogens with two attached hydrogens (primary N) is 1. The molecular formula is C28H48N8O10S2. The van der Waals surface area contributed by atoms with Gasteiger partial charge in [0, 0.05) is 37.4 Å². The fourth-order valence-electron chi connectivity index (χ4n) is 3.89. The van der Waals surface area contributed by atoms with E-state index < -0.39 is 71.4 Å². The van der Waals surface area contributed by atoms with Crippen LogP contribution in [-0.2, 0) is 38.4 Å². The first-order chi connectivity index (χ1) is 22.8. The van der Waals surface area contributed by atoms with Gasteiger partial charge in [0.1, 0.15) is 18.1 Å². The van der Waals surface area contributed by atoms with E-state index in [0.717, 1.165) is 28.0 Å². The van der Waals surface area contributed by atoms with E-state index in [0.29, 0.717) is 39.0 Å². The summed E-state index contributed by atoms with van der Waals surface area (Å²) in [5.74, 6) is -6.57. The van der Waals surface area contributed by atoms with E-state index in [1.165, 1.54) is 6.92 Å². The molecule has 1 rings (SSSR count). The summed E-state index contributed by atoms with van der Waals surface area (Å²) in [6.45, 7) is 2.87. The summed E-state index contributed by atoms with van der Waals surface area (Å²) in [4.78, 5) is 97.7. The second-order valence-electron chi connectivity index (χ2n) is 11.0. The SMILES string of the molecule is C[C@@H](CCC(=O)N[C@H]1CSSC[C@H](NC(=O)CC[C@H](N)C(=O)O)C(=O)NCC(=O)NCCCNCCCCNC(=O)CNC1=O)C(=O)O. The van der Waals surface area contributed by atoms with Crippen LogP contribution in [0.5, 0.6) is 0 Å². The molecular weight excluding hydrogens is 672 g/mol. The second-order valence-corrected chi connectivity index (χ2v) is 13.6. The number of amides is 6. The molecule has 0 saturated carbocycles. The van der Waals surface area contributed by atoms with Crippen molar-refractivity contribution in [2.45, 2.75) is 70.0 Å². The van der Waals surface area contributed by atoms with E-state index in [9.17, 15) is 38.4 Å². The highest BCUT2D eigenvalue weighted by Crippen LogP contribution is 2.23. The molecule has 1 saturated heterocycles. The standard InChI is InChI=1S/C28H48N8O10S2/c1-17(27(43)44)5-7-21(37)35-19-15-47-48-16-20(36-22(38)8-6-18(29)28(45)46)26(42)34-14-24(40)32-12-4-10-30-9-2-3-11-31-23(39)13-33-25(19)41/h17-20,30H,2-16,29H2,1H3,(H,31,39)(H,32,40)(H,33,41)(H,34,42)(H,35,37)(H,36,38)(H,43,44)(H,45,46)/t17-,18-,19-,20-/m0/s1. The van der Waals surface area contributed by atoms with Gasteiger partial charge in [0.15, 0.2) is 0 Å². The summed E-state index contributed by atoms with van der Waals surface area (Å²) in [6, 6.07) is -3.55. The van der Waals surface area contributed by atoms with Crippen LogP contribution < -0.4 is 43.0 Å². The first-order valence-electron chi connectivity index (χ1n) is 15.6. The number of rotatable bonds is 10. The molecule has 0 spiro atoms. The van der Waals surface area contributed by atoms with Gasteiger partial charge in [-0.2, -0.15) is 0 Å². The normalized spacial score (nSPS) is 21.5. The Balaban J connectivity index is 2.98. The van der Waals surface area contributed by atoms with Crippen molar-refractivity contribution in [2.75, 3.05) is 50.8 Å². The van der Waals surface area contributed by atoms with Crippen molar-refractivity contribution in [3.63, 3.8) is 0 Å². The van der Waals surface area contributed by atoms with Crippen LogP contribution in [0.4, 0.5) is 0 Å². The summed E-state index contributed by atoms with van der Waals surface area (Å²) in [5, 5.41) is 36.7. The van der Waals surface area contributed by atoms with Crippen LogP contribution in [0.3, 0.4) is 0 Å². The van der Waals surface area contributed by atoms with Gasteiger partial charge < -0.3 is 53.2 Å². The van der Waals surface area contributed by atoms with Gasteiger partial charge in [0.05, 0.1) is 19.0 Å². The van der Waals surface area contributed by atoms with Gasteiger partial charge in [-0.15, -0.1) is 0 Å². The molecule has 1 aliphatic heterocycles. The van der Waals surface area contributed by atoms with Gasteiger partial charge in [-0.25, -0.2) is 0 Å². The van der Waals surface area contributed by atoms with Crippen LogP contribution >= 0.6 is 21.6 Å². The Labute approximate surface area is 286 Å². The van der Waals surface area contributed by atoms with Crippen molar-refractivity contribution in [3.8, 4) is 0 Å². The third kappa shape index (κ3) is 19.9. The highest BCUT2D eigenvalue weighted by Gasteiger charge is 2.25. The molecule has 0 bridgehead atoms. The molecule has 6 amide bonds. The lowest BCUT2D eigenvalue weighted by Gasteiger charge is -2.20. The Morgan fingerprint density at radius 1 is 0.729 bits per heavy atom. The molecule has 4 atom stereocenters. The molecule has 48 heavy (non-hydrogen) atoms. The highest BCUT2D eigenvalue weighted by molar-refractivity contribution is 8.76. The van der Waals surface area contributed by atoms with Crippen LogP contribution in [0.25, 0.3) is 0 Å². The maximum absolute atomic E-state index is 13.0. The molecule has 11 N–H and O–H groups in total. The predicted octanol–water partition coefficient (Wildman–Crippen LogP) is -2.73. The monoisotopic (exact) mass is 720 g/mol. The Kier molecular flexibility index (Phi) is 21.7. The molecule has 18 nitrogen and oxygen atoms in total. The van der Waals surface area contributed by atoms with E-state index in [-0.39, 0.29) is 50.3 Å². The van der Waals surface area contributed by atoms with Gasteiger partial charge in [0.2, 0.25) is 35.4 Å². The molecule has 20 heteroatoms. The van der Waals surface area contributed by atoms with Gasteiger partial charge >= 0.3 is 11.9 Å². The van der Waals surface area contributed by atoms with Crippen LogP contribution in [0.1, 0.15) is 51.9 Å². The predicted molar refractivity (Wildman–Crippen MR) is 178 cm³/mol. The van der Waals surface area contributed by atoms with Crippen LogP contribution in [0.15, 0.2) is 0 Å². The molecule has 0 aromatic rings. The van der Waals surface area contributed by atoms with E-state index in [1.54, 1.807) is 0 Å². The average Bonchev–Trinajstić information content (AvgIpc) is 3.04. The summed E-state index contributed by atoms with van der Waals surface area (Å²) >= 11 is 0. The quantitative estimate of drug-likeness (QED) is 0.103. The van der Waals surface area contributed by atoms with Gasteiger partial charge in [-0.05, 0) is 45.2 Å². The number of carbonyl (C=O) groups is 8. The van der Waals surface area contributed by atoms with Crippen molar-refractivity contribution >= 4 is 69.0 Å². The minimum atomic E-state index is -1.28. The largest absolute Gasteiger partial charge is 0.481 e. The zero-order valence-electron chi connectivity index (χ0n) is 27.0. The van der Waals surface area contributed by atoms with Crippen molar-refractivity contribution in [1.29, 1.82) is 0 Å². The van der Waals surface area contributed by atoms with Crippen molar-refractivity contribution in [3.05, 3.63) is 0 Å². The third-order valence-electron chi connectivity index (χ3n) is 6.88. The lowest BCUT2D eigenvalue weighted by atomic mass is 10.1. The maximum Gasteiger partial charge on any atom is 0.320 e. The lowest BCUT2D eigenvalue weighted by molar-refractivity contribution is -0.142. The van der Waals surface area contributed by atoms with Crippen molar-refractivity contribution in [2.24, 2.45) is 11.7 Å². The second kappa shape index (κ2) is 24.5. The Hall–Kier alpha value is -3.62. The van der Waals surface area contributed by atoms with Crippen LogP contribution in [0, 0.1) is 5.92 Å². The molecule has 1 heterocycles. The van der Waals surface area contributed by atoms with Crippen molar-refractivity contribution < 1.29 is 48.6 Å². The summed E-state index contributed by atoms with van der Waals surface area (Å²) in [7, 11) is 2.16. The third-order valence-corrected chi connectivity index (χ3v) is 9.31. The fourth-order valence-corrected chi connectivity index (χ4v) is 6.22. The number of hydrogen-bond donors (Lipinski definition) is 10. The smallest absolute Gasteiger partial charge is 0.320 e. The highest BCUT2D eigenvalue weighted by atomic mass is 33.1. The van der Waals surface area contributed by atoms with Crippen LogP contribution in [0.2, 0.25) is 0 Å². The Morgan fingerprint density at radius 2 is 1.19 bits per heavy atom. The average molecular weight is 721 g/mol. The summed E-state index contributed by atoms with van der Waals surface area (Å²) in [6.07, 6.45) is 1.56. The van der Waals surface area contributed by atoms with Gasteiger partial charge in [0.25, 0.3) is 0 Å². The lowest BCUT2D eigenvalue weighted by Crippen LogP contribution is -2.51. The Morgan fingerprint density at radius 3 is 1.69 bits per heavy atom. The molecule has 0 unspecified atom stereocenters. The zero-order valence-corrected chi connectivity index (χ0v) is 28.6. The molecule has 1 fully saturated rings. The van der Waals surface area contributed by atoms with Gasteiger partial charge in [-0.1, -0.05) is 28.5 Å². The van der Waals surface area contributed by atoms with E-state index >= 15 is 0 Å². The molecule has 0 aromatic carbocycles. The van der Waals surface area contributed by atoms with E-state index in [4.69, 9.17) is 15.9 Å². The molecule has 0 aliphatic carbocycles. The molecule has 272 valence electrons. The zero-order chi connectivity index (χ0) is 35.9. The minimum absolute atomic E-state index is 0.0243. The summed E-state index contributed by atoms with van der Waals surface area (Å²) in [5.41, 5.74) is 5.47. The maximum atomic E-state index is 13.0. The topological polar surface area (TPSA) is 287 Å². The number of carbonyl (C=O) groups excluding carboxylic acids is 6. The number of aliphatic carboxylic acids is 2. The first kappa shape index (κ1) is 42.4. The Bertz CT molecular complexity index is 1030. The first-order valence-corrected chi connectivity index (χ1v) is 18.1. The number of carboxylic acids is 2. The molecule has 0 aromatic heterocycles. The molecule has 0 radical (unpaired) electrons. The number of hydrogen-bond acceptors (Lipinski definition) is 12. The molecule has 1 aliphatic rings. The summed E-state index contributed by atoms with van der Waals surface area (Å²) < 4.78 is 0. The fraction of sp³-hybridized carbons (Fsp3) is 0.714. The van der Waals surface area contributed by atoms with E-state index in [2.05, 4.69) is 37.2 Å². The van der Waals surface area contributed by atoms with Gasteiger partial charge in [-0.3, -0.25) is 38.4 Å². The van der Waals surface area contributed by atoms with Crippen molar-refractivity contribution in [1.82, 2.24) is 37.2 Å².